The number of carbonyl (C=O) groups is 1. The van der Waals surface area contributed by atoms with Gasteiger partial charge in [-0.1, -0.05) is 44.5 Å². The molecular formula is C26H31ClFN3O5. The molecule has 3 rings (SSSR count). The molecule has 0 aliphatic rings. The van der Waals surface area contributed by atoms with Gasteiger partial charge in [0.05, 0.1) is 23.1 Å². The zero-order valence-corrected chi connectivity index (χ0v) is 21.8. The van der Waals surface area contributed by atoms with Crippen LogP contribution in [0.3, 0.4) is 0 Å². The van der Waals surface area contributed by atoms with Gasteiger partial charge in [-0.05, 0) is 37.2 Å². The molecule has 0 bridgehead atoms. The van der Waals surface area contributed by atoms with Gasteiger partial charge >= 0.3 is 5.97 Å². The number of pyridine rings is 2. The number of fused-ring (bicyclic) bond motifs is 1. The Bertz CT molecular complexity index is 1330. The van der Waals surface area contributed by atoms with E-state index in [9.17, 15) is 24.2 Å². The number of halogens is 2. The van der Waals surface area contributed by atoms with E-state index in [1.165, 1.54) is 22.9 Å². The Balaban J connectivity index is 2.32. The number of nitrogens with zero attached hydrogens (tertiary/aromatic N) is 3. The fourth-order valence-corrected chi connectivity index (χ4v) is 4.13. The first-order valence-corrected chi connectivity index (χ1v) is 11.9. The number of likely N-dealkylation sites (N-methyl/N-ethyl adjacent to an activating group) is 1. The average Bonchev–Trinajstić information content (AvgIpc) is 2.78. The van der Waals surface area contributed by atoms with Gasteiger partial charge in [0, 0.05) is 24.7 Å². The summed E-state index contributed by atoms with van der Waals surface area (Å²) in [6.45, 7) is 6.22. The lowest BCUT2D eigenvalue weighted by Gasteiger charge is -2.32. The fraction of sp³-hybridized carbons (Fsp3) is 0.423. The van der Waals surface area contributed by atoms with Gasteiger partial charge < -0.3 is 24.4 Å². The number of aliphatic hydroxyl groups is 1. The van der Waals surface area contributed by atoms with Crippen molar-refractivity contribution in [2.75, 3.05) is 33.9 Å². The molecule has 0 aliphatic heterocycles. The van der Waals surface area contributed by atoms with Crippen molar-refractivity contribution in [1.82, 2.24) is 14.5 Å². The van der Waals surface area contributed by atoms with Gasteiger partial charge in [0.2, 0.25) is 11.3 Å². The molecule has 0 spiro atoms. The van der Waals surface area contributed by atoms with Gasteiger partial charge in [-0.25, -0.2) is 9.18 Å². The highest BCUT2D eigenvalue weighted by molar-refractivity contribution is 6.30. The van der Waals surface area contributed by atoms with E-state index in [2.05, 4.69) is 4.98 Å². The molecule has 2 N–H and O–H groups in total. The molecule has 3 aromatic rings. The molecule has 0 saturated carbocycles. The smallest absolute Gasteiger partial charge is 0.341 e. The quantitative estimate of drug-likeness (QED) is 0.440. The highest BCUT2D eigenvalue weighted by Crippen LogP contribution is 2.34. The van der Waals surface area contributed by atoms with Gasteiger partial charge in [0.25, 0.3) is 0 Å². The molecule has 0 radical (unpaired) electrons. The second-order valence-corrected chi connectivity index (χ2v) is 10.4. The Kier molecular flexibility index (Phi) is 8.38. The van der Waals surface area contributed by atoms with Crippen molar-refractivity contribution in [3.05, 3.63) is 68.2 Å². The van der Waals surface area contributed by atoms with Crippen LogP contribution in [0.5, 0.6) is 5.88 Å². The van der Waals surface area contributed by atoms with Crippen LogP contribution in [0.1, 0.15) is 48.3 Å². The van der Waals surface area contributed by atoms with Crippen molar-refractivity contribution < 1.29 is 24.1 Å². The first-order chi connectivity index (χ1) is 16.8. The van der Waals surface area contributed by atoms with Gasteiger partial charge in [-0.3, -0.25) is 4.79 Å². The summed E-state index contributed by atoms with van der Waals surface area (Å²) in [7, 11) is 3.78. The first kappa shape index (κ1) is 27.6. The van der Waals surface area contributed by atoms with E-state index in [1.54, 1.807) is 12.1 Å². The zero-order chi connectivity index (χ0) is 26.8. The lowest BCUT2D eigenvalue weighted by molar-refractivity contribution is 0.0692. The SMILES string of the molecule is CN(C)CCOc1nc2c(cc1Cc1cccc(Cl)c1F)c(=O)c(C(=O)O)cn2[C@H](CO)C(C)(C)C. The molecule has 0 saturated heterocycles. The van der Waals surface area contributed by atoms with E-state index in [4.69, 9.17) is 16.3 Å². The minimum absolute atomic E-state index is 0.0199. The number of ether oxygens (including phenoxy) is 1. The Morgan fingerprint density at radius 2 is 1.97 bits per heavy atom. The zero-order valence-electron chi connectivity index (χ0n) is 21.0. The molecule has 2 heterocycles. The van der Waals surface area contributed by atoms with Crippen LogP contribution in [0.4, 0.5) is 4.39 Å². The number of benzene rings is 1. The largest absolute Gasteiger partial charge is 0.477 e. The highest BCUT2D eigenvalue weighted by atomic mass is 35.5. The molecule has 0 aliphatic carbocycles. The van der Waals surface area contributed by atoms with Crippen LogP contribution in [-0.2, 0) is 6.42 Å². The van der Waals surface area contributed by atoms with E-state index >= 15 is 0 Å². The second-order valence-electron chi connectivity index (χ2n) is 10.0. The van der Waals surface area contributed by atoms with E-state index in [0.717, 1.165) is 0 Å². The van der Waals surface area contributed by atoms with Crippen molar-refractivity contribution >= 4 is 28.6 Å². The number of aromatic carboxylic acids is 1. The maximum Gasteiger partial charge on any atom is 0.341 e. The summed E-state index contributed by atoms with van der Waals surface area (Å²) in [6, 6.07) is 5.54. The third-order valence-electron chi connectivity index (χ3n) is 5.97. The molecule has 1 atom stereocenters. The van der Waals surface area contributed by atoms with Crippen LogP contribution in [-0.4, -0.2) is 64.5 Å². The van der Waals surface area contributed by atoms with Crippen LogP contribution < -0.4 is 10.2 Å². The second kappa shape index (κ2) is 10.9. The van der Waals surface area contributed by atoms with E-state index in [0.29, 0.717) is 12.1 Å². The number of aliphatic hydroxyl groups excluding tert-OH is 1. The topological polar surface area (TPSA) is 105 Å². The van der Waals surface area contributed by atoms with Crippen LogP contribution in [0.15, 0.2) is 35.3 Å². The lowest BCUT2D eigenvalue weighted by Crippen LogP contribution is -2.31. The molecule has 0 unspecified atom stereocenters. The maximum atomic E-state index is 14.7. The molecule has 10 heteroatoms. The fourth-order valence-electron chi connectivity index (χ4n) is 3.93. The van der Waals surface area contributed by atoms with Gasteiger partial charge in [-0.2, -0.15) is 4.98 Å². The number of carboxylic acid groups (broad SMARTS) is 1. The molecule has 0 fully saturated rings. The van der Waals surface area contributed by atoms with Crippen molar-refractivity contribution in [2.24, 2.45) is 5.41 Å². The van der Waals surface area contributed by atoms with Crippen LogP contribution >= 0.6 is 11.6 Å². The van der Waals surface area contributed by atoms with Crippen LogP contribution in [0.2, 0.25) is 5.02 Å². The Morgan fingerprint density at radius 3 is 2.56 bits per heavy atom. The van der Waals surface area contributed by atoms with Crippen LogP contribution in [0.25, 0.3) is 11.0 Å². The lowest BCUT2D eigenvalue weighted by atomic mass is 9.86. The monoisotopic (exact) mass is 519 g/mol. The number of hydrogen-bond donors (Lipinski definition) is 2. The summed E-state index contributed by atoms with van der Waals surface area (Å²) < 4.78 is 22.2. The summed E-state index contributed by atoms with van der Waals surface area (Å²) in [6.07, 6.45) is 1.23. The van der Waals surface area contributed by atoms with Gasteiger partial charge in [0.15, 0.2) is 0 Å². The van der Waals surface area contributed by atoms with Gasteiger partial charge in [0.1, 0.15) is 23.6 Å². The Morgan fingerprint density at radius 1 is 1.28 bits per heavy atom. The summed E-state index contributed by atoms with van der Waals surface area (Å²) in [4.78, 5) is 31.7. The Labute approximate surface area is 213 Å². The van der Waals surface area contributed by atoms with E-state index < -0.39 is 34.2 Å². The summed E-state index contributed by atoms with van der Waals surface area (Å²) in [5.74, 6) is -1.80. The number of carboxylic acids is 1. The minimum Gasteiger partial charge on any atom is -0.477 e. The highest BCUT2D eigenvalue weighted by Gasteiger charge is 2.29. The van der Waals surface area contributed by atoms with E-state index in [-0.39, 0.29) is 47.1 Å². The predicted octanol–water partition coefficient (Wildman–Crippen LogP) is 4.00. The van der Waals surface area contributed by atoms with Crippen molar-refractivity contribution in [2.45, 2.75) is 33.2 Å². The third-order valence-corrected chi connectivity index (χ3v) is 6.26. The van der Waals surface area contributed by atoms with Gasteiger partial charge in [-0.15, -0.1) is 0 Å². The van der Waals surface area contributed by atoms with E-state index in [1.807, 2.05) is 39.8 Å². The standard InChI is InChI=1S/C26H31ClFN3O5/c1-26(2,3)20(14-32)31-13-18(25(34)35)22(33)17-12-16(11-15-7-6-8-19(27)21(15)28)24(29-23(17)31)36-10-9-30(4)5/h6-8,12-13,20,32H,9-11,14H2,1-5H3,(H,34,35)/t20-/m1/s1. The molecule has 194 valence electrons. The molecule has 36 heavy (non-hydrogen) atoms. The molecule has 2 aromatic heterocycles. The van der Waals surface area contributed by atoms with Crippen LogP contribution in [0, 0.1) is 11.2 Å². The third kappa shape index (κ3) is 5.86. The molecular weight excluding hydrogens is 489 g/mol. The number of hydrogen-bond acceptors (Lipinski definition) is 6. The predicted molar refractivity (Wildman–Crippen MR) is 137 cm³/mol. The normalized spacial score (nSPS) is 12.8. The van der Waals surface area contributed by atoms with Crippen molar-refractivity contribution in [3.63, 3.8) is 0 Å². The number of aromatic nitrogens is 2. The van der Waals surface area contributed by atoms with Crippen molar-refractivity contribution in [3.8, 4) is 5.88 Å². The number of rotatable bonds is 9. The first-order valence-electron chi connectivity index (χ1n) is 11.5. The Hall–Kier alpha value is -3.01. The summed E-state index contributed by atoms with van der Waals surface area (Å²) >= 11 is 5.96. The average molecular weight is 520 g/mol. The maximum absolute atomic E-state index is 14.7. The summed E-state index contributed by atoms with van der Waals surface area (Å²) in [5, 5.41) is 19.9. The van der Waals surface area contributed by atoms with Crippen molar-refractivity contribution in [1.29, 1.82) is 0 Å². The molecule has 0 amide bonds. The summed E-state index contributed by atoms with van der Waals surface area (Å²) in [5.41, 5.74) is -0.812. The molecule has 8 nitrogen and oxygen atoms in total. The molecule has 1 aromatic carbocycles. The minimum atomic E-state index is -1.39.